The first-order chi connectivity index (χ1) is 8.87. The number of nitrogens with zero attached hydrogens (tertiary/aromatic N) is 1. The van der Waals surface area contributed by atoms with Crippen molar-refractivity contribution in [1.82, 2.24) is 5.32 Å². The predicted molar refractivity (Wildman–Crippen MR) is 72.0 cm³/mol. The lowest BCUT2D eigenvalue weighted by Crippen LogP contribution is -2.35. The Hall–Kier alpha value is -1.18. The lowest BCUT2D eigenvalue weighted by Gasteiger charge is -2.14. The van der Waals surface area contributed by atoms with Crippen LogP contribution < -0.4 is 5.32 Å². The molecule has 0 bridgehead atoms. The number of alkyl halides is 1. The van der Waals surface area contributed by atoms with Crippen LogP contribution in [-0.2, 0) is 16.4 Å². The highest BCUT2D eigenvalue weighted by Crippen LogP contribution is 2.19. The van der Waals surface area contributed by atoms with Crippen LogP contribution in [0, 0.1) is 10.1 Å². The van der Waals surface area contributed by atoms with E-state index in [9.17, 15) is 18.5 Å². The minimum absolute atomic E-state index is 0.00746. The maximum absolute atomic E-state index is 11.4. The quantitative estimate of drug-likeness (QED) is 0.511. The SMILES string of the molecule is O=[N+]([O-])c1ccc(CN[C@H]2CS(=O)(=O)C[C@H]2Cl)cc1. The van der Waals surface area contributed by atoms with Crippen LogP contribution in [0.15, 0.2) is 24.3 Å². The normalized spacial score (nSPS) is 25.3. The van der Waals surface area contributed by atoms with E-state index in [0.717, 1.165) is 5.56 Å². The lowest BCUT2D eigenvalue weighted by atomic mass is 10.2. The van der Waals surface area contributed by atoms with E-state index in [0.29, 0.717) is 6.54 Å². The highest BCUT2D eigenvalue weighted by Gasteiger charge is 2.35. The molecule has 1 heterocycles. The first kappa shape index (κ1) is 14.2. The van der Waals surface area contributed by atoms with Gasteiger partial charge in [-0.2, -0.15) is 0 Å². The minimum atomic E-state index is -3.05. The van der Waals surface area contributed by atoms with Gasteiger partial charge in [0.15, 0.2) is 9.84 Å². The van der Waals surface area contributed by atoms with Crippen LogP contribution in [0.3, 0.4) is 0 Å². The summed E-state index contributed by atoms with van der Waals surface area (Å²) < 4.78 is 22.8. The Morgan fingerprint density at radius 2 is 1.95 bits per heavy atom. The first-order valence-electron chi connectivity index (χ1n) is 5.68. The molecule has 0 unspecified atom stereocenters. The van der Waals surface area contributed by atoms with Gasteiger partial charge >= 0.3 is 0 Å². The topological polar surface area (TPSA) is 89.3 Å². The number of sulfone groups is 1. The van der Waals surface area contributed by atoms with Gasteiger partial charge in [-0.05, 0) is 5.56 Å². The molecule has 1 aromatic carbocycles. The zero-order valence-electron chi connectivity index (χ0n) is 9.95. The fourth-order valence-corrected chi connectivity index (χ4v) is 4.59. The summed E-state index contributed by atoms with van der Waals surface area (Å²) in [6.07, 6.45) is 0. The van der Waals surface area contributed by atoms with Gasteiger partial charge in [-0.15, -0.1) is 11.6 Å². The number of non-ortho nitro benzene ring substituents is 1. The number of halogens is 1. The van der Waals surface area contributed by atoms with Crippen molar-refractivity contribution in [2.45, 2.75) is 18.0 Å². The second-order valence-electron chi connectivity index (χ2n) is 4.50. The summed E-state index contributed by atoms with van der Waals surface area (Å²) in [5.41, 5.74) is 0.876. The maximum Gasteiger partial charge on any atom is 0.269 e. The highest BCUT2D eigenvalue weighted by molar-refractivity contribution is 7.91. The third-order valence-electron chi connectivity index (χ3n) is 3.00. The zero-order valence-corrected chi connectivity index (χ0v) is 11.5. The standard InChI is InChI=1S/C11H13ClN2O4S/c12-10-6-19(17,18)7-11(10)13-5-8-1-3-9(4-2-8)14(15)16/h1-4,10-11,13H,5-7H2/t10-,11+/m1/s1. The molecule has 1 N–H and O–H groups in total. The molecule has 0 amide bonds. The Bertz CT molecular complexity index is 573. The largest absolute Gasteiger partial charge is 0.307 e. The first-order valence-corrected chi connectivity index (χ1v) is 7.94. The van der Waals surface area contributed by atoms with E-state index in [4.69, 9.17) is 11.6 Å². The van der Waals surface area contributed by atoms with E-state index in [1.165, 1.54) is 12.1 Å². The number of hydrogen-bond acceptors (Lipinski definition) is 5. The number of hydrogen-bond donors (Lipinski definition) is 1. The minimum Gasteiger partial charge on any atom is -0.307 e. The molecular formula is C11H13ClN2O4S. The molecule has 6 nitrogen and oxygen atoms in total. The molecule has 1 saturated heterocycles. The molecule has 0 aliphatic carbocycles. The molecule has 1 aliphatic heterocycles. The van der Waals surface area contributed by atoms with Crippen LogP contribution in [-0.4, -0.2) is 36.3 Å². The van der Waals surface area contributed by atoms with E-state index >= 15 is 0 Å². The van der Waals surface area contributed by atoms with Gasteiger partial charge in [0.1, 0.15) is 0 Å². The maximum atomic E-state index is 11.4. The van der Waals surface area contributed by atoms with E-state index in [1.54, 1.807) is 12.1 Å². The van der Waals surface area contributed by atoms with E-state index in [2.05, 4.69) is 5.32 Å². The molecule has 1 aliphatic rings. The van der Waals surface area contributed by atoms with Gasteiger partial charge < -0.3 is 5.32 Å². The van der Waals surface area contributed by atoms with Crippen molar-refractivity contribution < 1.29 is 13.3 Å². The number of nitrogens with one attached hydrogen (secondary N) is 1. The van der Waals surface area contributed by atoms with Crippen LogP contribution in [0.1, 0.15) is 5.56 Å². The van der Waals surface area contributed by atoms with Crippen molar-refractivity contribution in [3.63, 3.8) is 0 Å². The van der Waals surface area contributed by atoms with Crippen molar-refractivity contribution in [3.05, 3.63) is 39.9 Å². The summed E-state index contributed by atoms with van der Waals surface area (Å²) in [6, 6.07) is 5.83. The Labute approximate surface area is 115 Å². The molecule has 1 aromatic rings. The molecule has 104 valence electrons. The van der Waals surface area contributed by atoms with Gasteiger partial charge in [0.25, 0.3) is 5.69 Å². The lowest BCUT2D eigenvalue weighted by molar-refractivity contribution is -0.384. The van der Waals surface area contributed by atoms with Crippen LogP contribution in [0.2, 0.25) is 0 Å². The molecular weight excluding hydrogens is 292 g/mol. The van der Waals surface area contributed by atoms with Gasteiger partial charge in [-0.1, -0.05) is 12.1 Å². The van der Waals surface area contributed by atoms with E-state index in [-0.39, 0.29) is 23.2 Å². The average molecular weight is 305 g/mol. The summed E-state index contributed by atoms with van der Waals surface area (Å²) >= 11 is 5.96. The second kappa shape index (κ2) is 5.44. The Balaban J connectivity index is 1.94. The van der Waals surface area contributed by atoms with Crippen LogP contribution in [0.25, 0.3) is 0 Å². The fraction of sp³-hybridized carbons (Fsp3) is 0.455. The zero-order chi connectivity index (χ0) is 14.0. The molecule has 0 saturated carbocycles. The van der Waals surface area contributed by atoms with Crippen molar-refractivity contribution in [2.75, 3.05) is 11.5 Å². The molecule has 8 heteroatoms. The monoisotopic (exact) mass is 304 g/mol. The highest BCUT2D eigenvalue weighted by atomic mass is 35.5. The third kappa shape index (κ3) is 3.65. The smallest absolute Gasteiger partial charge is 0.269 e. The third-order valence-corrected chi connectivity index (χ3v) is 5.37. The molecule has 0 aromatic heterocycles. The number of nitro benzene ring substituents is 1. The summed E-state index contributed by atoms with van der Waals surface area (Å²) in [7, 11) is -3.05. The number of rotatable bonds is 4. The van der Waals surface area contributed by atoms with Crippen molar-refractivity contribution in [3.8, 4) is 0 Å². The molecule has 0 radical (unpaired) electrons. The van der Waals surface area contributed by atoms with Crippen LogP contribution in [0.4, 0.5) is 5.69 Å². The number of benzene rings is 1. The molecule has 0 spiro atoms. The summed E-state index contributed by atoms with van der Waals surface area (Å²) in [6.45, 7) is 0.432. The van der Waals surface area contributed by atoms with E-state index < -0.39 is 20.1 Å². The van der Waals surface area contributed by atoms with Crippen molar-refractivity contribution in [1.29, 1.82) is 0 Å². The summed E-state index contributed by atoms with van der Waals surface area (Å²) in [4.78, 5) is 10.0. The van der Waals surface area contributed by atoms with E-state index in [1.807, 2.05) is 0 Å². The Kier molecular flexibility index (Phi) is 4.07. The van der Waals surface area contributed by atoms with Crippen molar-refractivity contribution in [2.24, 2.45) is 0 Å². The van der Waals surface area contributed by atoms with Crippen LogP contribution in [0.5, 0.6) is 0 Å². The van der Waals surface area contributed by atoms with Gasteiger partial charge in [0.05, 0.1) is 21.8 Å². The summed E-state index contributed by atoms with van der Waals surface area (Å²) in [5.74, 6) is 0.0284. The molecule has 19 heavy (non-hydrogen) atoms. The van der Waals surface area contributed by atoms with Gasteiger partial charge in [-0.25, -0.2) is 8.42 Å². The average Bonchev–Trinajstić information content (AvgIpc) is 2.60. The van der Waals surface area contributed by atoms with Gasteiger partial charge in [0.2, 0.25) is 0 Å². The van der Waals surface area contributed by atoms with Gasteiger partial charge in [-0.3, -0.25) is 10.1 Å². The van der Waals surface area contributed by atoms with Crippen LogP contribution >= 0.6 is 11.6 Å². The Morgan fingerprint density at radius 1 is 1.32 bits per heavy atom. The fourth-order valence-electron chi connectivity index (χ4n) is 1.98. The Morgan fingerprint density at radius 3 is 2.42 bits per heavy atom. The molecule has 2 atom stereocenters. The van der Waals surface area contributed by atoms with Crippen molar-refractivity contribution >= 4 is 27.1 Å². The molecule has 1 fully saturated rings. The second-order valence-corrected chi connectivity index (χ2v) is 7.22. The van der Waals surface area contributed by atoms with Gasteiger partial charge in [0, 0.05) is 24.7 Å². The molecule has 2 rings (SSSR count). The number of nitro groups is 1. The summed E-state index contributed by atoms with van der Waals surface area (Å²) in [5, 5.41) is 13.1. The predicted octanol–water partition coefficient (Wildman–Crippen LogP) is 1.09.